The molecule has 1 unspecified atom stereocenters. The first kappa shape index (κ1) is 13.6. The summed E-state index contributed by atoms with van der Waals surface area (Å²) >= 11 is 0. The topological polar surface area (TPSA) is 35.2 Å². The van der Waals surface area contributed by atoms with E-state index in [0.717, 1.165) is 22.4 Å². The van der Waals surface area contributed by atoms with Crippen LogP contribution in [0.15, 0.2) is 42.5 Å². The van der Waals surface area contributed by atoms with E-state index in [-0.39, 0.29) is 11.9 Å². The van der Waals surface area contributed by atoms with Gasteiger partial charge in [0.2, 0.25) is 0 Å². The number of nitrogens with two attached hydrogens (primary N) is 1. The maximum absolute atomic E-state index is 13.4. The Morgan fingerprint density at radius 3 is 2.63 bits per heavy atom. The Morgan fingerprint density at radius 1 is 1.16 bits per heavy atom. The van der Waals surface area contributed by atoms with Gasteiger partial charge >= 0.3 is 0 Å². The van der Waals surface area contributed by atoms with E-state index in [9.17, 15) is 4.39 Å². The molecule has 0 radical (unpaired) electrons. The van der Waals surface area contributed by atoms with E-state index in [4.69, 9.17) is 10.5 Å². The highest BCUT2D eigenvalue weighted by Gasteiger charge is 2.11. The Morgan fingerprint density at radius 2 is 1.95 bits per heavy atom. The summed E-state index contributed by atoms with van der Waals surface area (Å²) in [5.74, 6) is 0.523. The lowest BCUT2D eigenvalue weighted by Gasteiger charge is -2.15. The standard InChI is InChI=1S/C16H18FNO/c1-3-19-15-6-4-5-12(10-15)16(18)13-7-11(2)8-14(17)9-13/h4-10,16H,3,18H2,1-2H3. The number of benzene rings is 2. The van der Waals surface area contributed by atoms with Crippen LogP contribution in [0.4, 0.5) is 4.39 Å². The fourth-order valence-electron chi connectivity index (χ4n) is 2.10. The summed E-state index contributed by atoms with van der Waals surface area (Å²) < 4.78 is 18.9. The van der Waals surface area contributed by atoms with E-state index in [1.165, 1.54) is 12.1 Å². The van der Waals surface area contributed by atoms with Gasteiger partial charge < -0.3 is 10.5 Å². The normalized spacial score (nSPS) is 12.2. The maximum atomic E-state index is 13.4. The van der Waals surface area contributed by atoms with Gasteiger partial charge in [0.05, 0.1) is 12.6 Å². The van der Waals surface area contributed by atoms with Crippen LogP contribution in [-0.2, 0) is 0 Å². The molecule has 0 fully saturated rings. The zero-order valence-electron chi connectivity index (χ0n) is 11.2. The summed E-state index contributed by atoms with van der Waals surface area (Å²) in [6.07, 6.45) is 0. The quantitative estimate of drug-likeness (QED) is 0.910. The van der Waals surface area contributed by atoms with Crippen molar-refractivity contribution in [2.45, 2.75) is 19.9 Å². The zero-order chi connectivity index (χ0) is 13.8. The first-order valence-corrected chi connectivity index (χ1v) is 6.35. The van der Waals surface area contributed by atoms with Gasteiger partial charge in [-0.25, -0.2) is 4.39 Å². The lowest BCUT2D eigenvalue weighted by molar-refractivity contribution is 0.340. The van der Waals surface area contributed by atoms with Crippen molar-refractivity contribution in [3.8, 4) is 5.75 Å². The molecule has 100 valence electrons. The summed E-state index contributed by atoms with van der Waals surface area (Å²) in [6.45, 7) is 4.40. The Labute approximate surface area is 113 Å². The van der Waals surface area contributed by atoms with Crippen LogP contribution in [0.3, 0.4) is 0 Å². The number of hydrogen-bond acceptors (Lipinski definition) is 2. The first-order chi connectivity index (χ1) is 9.10. The van der Waals surface area contributed by atoms with Crippen LogP contribution in [0, 0.1) is 12.7 Å². The van der Waals surface area contributed by atoms with Crippen LogP contribution in [0.25, 0.3) is 0 Å². The average Bonchev–Trinajstić information content (AvgIpc) is 2.37. The van der Waals surface area contributed by atoms with Crippen LogP contribution in [0.2, 0.25) is 0 Å². The third kappa shape index (κ3) is 3.32. The lowest BCUT2D eigenvalue weighted by Crippen LogP contribution is -2.12. The van der Waals surface area contributed by atoms with Gasteiger partial charge in [-0.3, -0.25) is 0 Å². The van der Waals surface area contributed by atoms with Gasteiger partial charge in [0.1, 0.15) is 11.6 Å². The van der Waals surface area contributed by atoms with Gasteiger partial charge in [-0.1, -0.05) is 18.2 Å². The second-order valence-corrected chi connectivity index (χ2v) is 4.55. The van der Waals surface area contributed by atoms with Crippen molar-refractivity contribution >= 4 is 0 Å². The molecule has 19 heavy (non-hydrogen) atoms. The van der Waals surface area contributed by atoms with E-state index in [2.05, 4.69) is 0 Å². The summed E-state index contributed by atoms with van der Waals surface area (Å²) in [5, 5.41) is 0. The summed E-state index contributed by atoms with van der Waals surface area (Å²) in [6, 6.07) is 12.1. The molecule has 0 aliphatic heterocycles. The Hall–Kier alpha value is -1.87. The van der Waals surface area contributed by atoms with Crippen molar-refractivity contribution in [1.82, 2.24) is 0 Å². The minimum absolute atomic E-state index is 0.258. The van der Waals surface area contributed by atoms with Crippen molar-refractivity contribution in [2.75, 3.05) is 6.61 Å². The fourth-order valence-corrected chi connectivity index (χ4v) is 2.10. The summed E-state index contributed by atoms with van der Waals surface area (Å²) in [5.41, 5.74) is 8.75. The van der Waals surface area contributed by atoms with Crippen LogP contribution < -0.4 is 10.5 Å². The number of halogens is 1. The molecular formula is C16H18FNO. The molecular weight excluding hydrogens is 241 g/mol. The van der Waals surface area contributed by atoms with Crippen molar-refractivity contribution < 1.29 is 9.13 Å². The smallest absolute Gasteiger partial charge is 0.123 e. The van der Waals surface area contributed by atoms with E-state index in [0.29, 0.717) is 6.61 Å². The highest BCUT2D eigenvalue weighted by atomic mass is 19.1. The molecule has 0 amide bonds. The Bertz CT molecular complexity index is 548. The fraction of sp³-hybridized carbons (Fsp3) is 0.250. The van der Waals surface area contributed by atoms with Gasteiger partial charge in [0.15, 0.2) is 0 Å². The van der Waals surface area contributed by atoms with Gasteiger partial charge in [0.25, 0.3) is 0 Å². The Balaban J connectivity index is 2.32. The number of aryl methyl sites for hydroxylation is 1. The molecule has 2 aromatic rings. The number of ether oxygens (including phenoxy) is 1. The molecule has 0 heterocycles. The molecule has 0 bridgehead atoms. The van der Waals surface area contributed by atoms with Crippen molar-refractivity contribution in [3.05, 3.63) is 65.0 Å². The molecule has 0 aromatic heterocycles. The molecule has 0 saturated carbocycles. The van der Waals surface area contributed by atoms with Crippen molar-refractivity contribution in [3.63, 3.8) is 0 Å². The van der Waals surface area contributed by atoms with E-state index in [1.807, 2.05) is 44.2 Å². The molecule has 1 atom stereocenters. The van der Waals surface area contributed by atoms with E-state index < -0.39 is 0 Å². The van der Waals surface area contributed by atoms with E-state index in [1.54, 1.807) is 0 Å². The van der Waals surface area contributed by atoms with Crippen LogP contribution in [0.1, 0.15) is 29.7 Å². The highest BCUT2D eigenvalue weighted by molar-refractivity contribution is 5.37. The van der Waals surface area contributed by atoms with Gasteiger partial charge in [-0.05, 0) is 54.8 Å². The van der Waals surface area contributed by atoms with Crippen LogP contribution >= 0.6 is 0 Å². The summed E-state index contributed by atoms with van der Waals surface area (Å²) in [7, 11) is 0. The van der Waals surface area contributed by atoms with Gasteiger partial charge in [-0.15, -0.1) is 0 Å². The monoisotopic (exact) mass is 259 g/mol. The van der Waals surface area contributed by atoms with Crippen LogP contribution in [-0.4, -0.2) is 6.61 Å². The average molecular weight is 259 g/mol. The molecule has 2 rings (SSSR count). The second kappa shape index (κ2) is 5.85. The zero-order valence-corrected chi connectivity index (χ0v) is 11.2. The largest absolute Gasteiger partial charge is 0.494 e. The molecule has 2 nitrogen and oxygen atoms in total. The molecule has 2 N–H and O–H groups in total. The first-order valence-electron chi connectivity index (χ1n) is 6.35. The molecule has 0 aliphatic carbocycles. The minimum atomic E-state index is -0.352. The second-order valence-electron chi connectivity index (χ2n) is 4.55. The minimum Gasteiger partial charge on any atom is -0.494 e. The van der Waals surface area contributed by atoms with E-state index >= 15 is 0 Å². The Kier molecular flexibility index (Phi) is 4.17. The number of hydrogen-bond donors (Lipinski definition) is 1. The lowest BCUT2D eigenvalue weighted by atomic mass is 9.98. The molecule has 0 spiro atoms. The number of rotatable bonds is 4. The van der Waals surface area contributed by atoms with Gasteiger partial charge in [0, 0.05) is 0 Å². The summed E-state index contributed by atoms with van der Waals surface area (Å²) in [4.78, 5) is 0. The molecule has 2 aromatic carbocycles. The van der Waals surface area contributed by atoms with Gasteiger partial charge in [-0.2, -0.15) is 0 Å². The highest BCUT2D eigenvalue weighted by Crippen LogP contribution is 2.24. The third-order valence-corrected chi connectivity index (χ3v) is 2.95. The molecule has 0 aliphatic rings. The van der Waals surface area contributed by atoms with Crippen molar-refractivity contribution in [2.24, 2.45) is 5.73 Å². The third-order valence-electron chi connectivity index (χ3n) is 2.95. The van der Waals surface area contributed by atoms with Crippen LogP contribution in [0.5, 0.6) is 5.75 Å². The maximum Gasteiger partial charge on any atom is 0.123 e. The molecule has 3 heteroatoms. The van der Waals surface area contributed by atoms with Crippen molar-refractivity contribution in [1.29, 1.82) is 0 Å². The predicted octanol–water partition coefficient (Wildman–Crippen LogP) is 3.58. The molecule has 0 saturated heterocycles. The SMILES string of the molecule is CCOc1cccc(C(N)c2cc(C)cc(F)c2)c1. The predicted molar refractivity (Wildman–Crippen MR) is 74.8 cm³/mol.